The molecular weight excluding hydrogens is 338 g/mol. The summed E-state index contributed by atoms with van der Waals surface area (Å²) >= 11 is 0. The van der Waals surface area contributed by atoms with Crippen LogP contribution in [0.1, 0.15) is 35.7 Å². The zero-order valence-electron chi connectivity index (χ0n) is 13.0. The second-order valence-electron chi connectivity index (χ2n) is 5.94. The van der Waals surface area contributed by atoms with Crippen LogP contribution in [-0.2, 0) is 16.4 Å². The highest BCUT2D eigenvalue weighted by atomic mass is 35.5. The van der Waals surface area contributed by atoms with Gasteiger partial charge in [-0.1, -0.05) is 6.07 Å². The van der Waals surface area contributed by atoms with E-state index < -0.39 is 10.0 Å². The summed E-state index contributed by atoms with van der Waals surface area (Å²) in [6.07, 6.45) is 2.50. The third kappa shape index (κ3) is 3.85. The molecule has 8 heteroatoms. The molecule has 2 unspecified atom stereocenters. The zero-order valence-corrected chi connectivity index (χ0v) is 14.6. The Bertz CT molecular complexity index is 693. The summed E-state index contributed by atoms with van der Waals surface area (Å²) in [7, 11) is -3.62. The molecule has 1 aromatic carbocycles. The minimum atomic E-state index is -3.62. The molecule has 0 bridgehead atoms. The van der Waals surface area contributed by atoms with Crippen LogP contribution in [0.25, 0.3) is 0 Å². The fourth-order valence-electron chi connectivity index (χ4n) is 3.03. The van der Waals surface area contributed by atoms with E-state index in [4.69, 9.17) is 0 Å². The van der Waals surface area contributed by atoms with Crippen molar-refractivity contribution in [2.45, 2.75) is 43.2 Å². The van der Waals surface area contributed by atoms with Gasteiger partial charge in [0.25, 0.3) is 5.91 Å². The number of halogens is 1. The fraction of sp³-hybridized carbons (Fsp3) is 0.533. The number of carbonyl (C=O) groups is 1. The monoisotopic (exact) mass is 359 g/mol. The molecule has 6 nitrogen and oxygen atoms in total. The lowest BCUT2D eigenvalue weighted by atomic mass is 10.0. The molecule has 2 aliphatic rings. The maximum absolute atomic E-state index is 12.6. The molecule has 1 fully saturated rings. The lowest BCUT2D eigenvalue weighted by molar-refractivity contribution is 0.0945. The van der Waals surface area contributed by atoms with Crippen molar-refractivity contribution in [2.75, 3.05) is 13.1 Å². The van der Waals surface area contributed by atoms with Crippen LogP contribution >= 0.6 is 12.4 Å². The highest BCUT2D eigenvalue weighted by Crippen LogP contribution is 2.20. The van der Waals surface area contributed by atoms with E-state index >= 15 is 0 Å². The molecule has 0 aliphatic carbocycles. The first-order valence-corrected chi connectivity index (χ1v) is 9.12. The van der Waals surface area contributed by atoms with Crippen LogP contribution in [0.2, 0.25) is 0 Å². The molecule has 0 spiro atoms. The second-order valence-corrected chi connectivity index (χ2v) is 7.65. The number of carbonyl (C=O) groups excluding carboxylic acids is 1. The molecule has 1 amide bonds. The Morgan fingerprint density at radius 3 is 2.78 bits per heavy atom. The van der Waals surface area contributed by atoms with Crippen molar-refractivity contribution in [3.63, 3.8) is 0 Å². The van der Waals surface area contributed by atoms with E-state index in [0.717, 1.165) is 31.4 Å². The first-order valence-electron chi connectivity index (χ1n) is 7.64. The van der Waals surface area contributed by atoms with Gasteiger partial charge < -0.3 is 10.6 Å². The molecule has 1 aromatic rings. The Balaban J connectivity index is 0.00000192. The first-order chi connectivity index (χ1) is 10.5. The topological polar surface area (TPSA) is 87.3 Å². The van der Waals surface area contributed by atoms with E-state index in [1.165, 1.54) is 6.07 Å². The Labute approximate surface area is 142 Å². The van der Waals surface area contributed by atoms with Crippen LogP contribution in [0.5, 0.6) is 0 Å². The molecule has 2 heterocycles. The highest BCUT2D eigenvalue weighted by molar-refractivity contribution is 7.89. The van der Waals surface area contributed by atoms with Crippen molar-refractivity contribution < 1.29 is 13.2 Å². The number of piperidine rings is 1. The minimum Gasteiger partial charge on any atom is -0.352 e. The van der Waals surface area contributed by atoms with Gasteiger partial charge in [0, 0.05) is 24.2 Å². The van der Waals surface area contributed by atoms with Crippen LogP contribution < -0.4 is 15.4 Å². The summed E-state index contributed by atoms with van der Waals surface area (Å²) in [5.74, 6) is -0.203. The van der Waals surface area contributed by atoms with Gasteiger partial charge >= 0.3 is 0 Å². The van der Waals surface area contributed by atoms with Crippen molar-refractivity contribution in [3.8, 4) is 0 Å². The normalized spacial score (nSPS) is 24.3. The van der Waals surface area contributed by atoms with Crippen LogP contribution in [-0.4, -0.2) is 39.5 Å². The van der Waals surface area contributed by atoms with E-state index in [0.29, 0.717) is 12.1 Å². The van der Waals surface area contributed by atoms with E-state index in [9.17, 15) is 13.2 Å². The smallest absolute Gasteiger partial charge is 0.251 e. The van der Waals surface area contributed by atoms with Gasteiger partial charge in [-0.25, -0.2) is 13.1 Å². The van der Waals surface area contributed by atoms with Crippen molar-refractivity contribution >= 4 is 28.3 Å². The Kier molecular flexibility index (Phi) is 5.67. The van der Waals surface area contributed by atoms with E-state index in [1.807, 2.05) is 6.92 Å². The standard InChI is InChI=1S/C15H21N3O3S.ClH/c1-10-14(3-2-7-16-10)18-22(20,21)12-5-4-11-6-8-17-15(19)13(11)9-12;/h4-5,9-10,14,16,18H,2-3,6-8H2,1H3,(H,17,19);1H. The number of hydrogen-bond donors (Lipinski definition) is 3. The maximum Gasteiger partial charge on any atom is 0.251 e. The Morgan fingerprint density at radius 1 is 1.26 bits per heavy atom. The molecule has 0 saturated carbocycles. The number of fused-ring (bicyclic) bond motifs is 1. The van der Waals surface area contributed by atoms with Crippen molar-refractivity contribution in [3.05, 3.63) is 29.3 Å². The van der Waals surface area contributed by atoms with Gasteiger partial charge in [0.2, 0.25) is 10.0 Å². The van der Waals surface area contributed by atoms with Gasteiger partial charge in [0.15, 0.2) is 0 Å². The van der Waals surface area contributed by atoms with Gasteiger partial charge in [-0.2, -0.15) is 0 Å². The van der Waals surface area contributed by atoms with Gasteiger partial charge in [-0.3, -0.25) is 4.79 Å². The van der Waals surface area contributed by atoms with Gasteiger partial charge in [-0.15, -0.1) is 12.4 Å². The van der Waals surface area contributed by atoms with Crippen LogP contribution in [0, 0.1) is 0 Å². The third-order valence-corrected chi connectivity index (χ3v) is 5.87. The lowest BCUT2D eigenvalue weighted by Crippen LogP contribution is -2.51. The van der Waals surface area contributed by atoms with Crippen molar-refractivity contribution in [1.82, 2.24) is 15.4 Å². The van der Waals surface area contributed by atoms with Gasteiger partial charge in [0.1, 0.15) is 0 Å². The summed E-state index contributed by atoms with van der Waals surface area (Å²) in [5.41, 5.74) is 1.36. The average molecular weight is 360 g/mol. The first kappa shape index (κ1) is 18.2. The summed E-state index contributed by atoms with van der Waals surface area (Å²) in [4.78, 5) is 12.0. The number of rotatable bonds is 3. The summed E-state index contributed by atoms with van der Waals surface area (Å²) in [6.45, 7) is 3.49. The van der Waals surface area contributed by atoms with Crippen LogP contribution in [0.4, 0.5) is 0 Å². The molecular formula is C15H22ClN3O3S. The molecule has 2 aliphatic heterocycles. The second kappa shape index (κ2) is 7.17. The number of amides is 1. The summed E-state index contributed by atoms with van der Waals surface area (Å²) in [6, 6.07) is 4.78. The highest BCUT2D eigenvalue weighted by Gasteiger charge is 2.27. The molecule has 0 aromatic heterocycles. The van der Waals surface area contributed by atoms with Crippen molar-refractivity contribution in [1.29, 1.82) is 0 Å². The fourth-order valence-corrected chi connectivity index (χ4v) is 4.41. The number of hydrogen-bond acceptors (Lipinski definition) is 4. The number of benzene rings is 1. The summed E-state index contributed by atoms with van der Waals surface area (Å²) in [5, 5.41) is 6.01. The largest absolute Gasteiger partial charge is 0.352 e. The molecule has 128 valence electrons. The van der Waals surface area contributed by atoms with E-state index in [1.54, 1.807) is 12.1 Å². The van der Waals surface area contributed by atoms with Gasteiger partial charge in [-0.05, 0) is 50.4 Å². The molecule has 2 atom stereocenters. The van der Waals surface area contributed by atoms with Crippen molar-refractivity contribution in [2.24, 2.45) is 0 Å². The van der Waals surface area contributed by atoms with E-state index in [-0.39, 0.29) is 35.3 Å². The predicted octanol–water partition coefficient (Wildman–Crippen LogP) is 0.813. The maximum atomic E-state index is 12.6. The van der Waals surface area contributed by atoms with E-state index in [2.05, 4.69) is 15.4 Å². The quantitative estimate of drug-likeness (QED) is 0.745. The number of nitrogens with one attached hydrogen (secondary N) is 3. The molecule has 0 radical (unpaired) electrons. The molecule has 3 rings (SSSR count). The Morgan fingerprint density at radius 2 is 2.04 bits per heavy atom. The Hall–Kier alpha value is -1.15. The predicted molar refractivity (Wildman–Crippen MR) is 90.5 cm³/mol. The van der Waals surface area contributed by atoms with Crippen LogP contribution in [0.3, 0.4) is 0 Å². The van der Waals surface area contributed by atoms with Crippen LogP contribution in [0.15, 0.2) is 23.1 Å². The number of sulfonamides is 1. The SMILES string of the molecule is CC1NCCCC1NS(=O)(=O)c1ccc2c(c1)C(=O)NCC2.Cl. The lowest BCUT2D eigenvalue weighted by Gasteiger charge is -2.30. The van der Waals surface area contributed by atoms with Gasteiger partial charge in [0.05, 0.1) is 4.90 Å². The third-order valence-electron chi connectivity index (χ3n) is 4.38. The molecule has 3 N–H and O–H groups in total. The molecule has 1 saturated heterocycles. The molecule has 23 heavy (non-hydrogen) atoms. The summed E-state index contributed by atoms with van der Waals surface area (Å²) < 4.78 is 27.9. The average Bonchev–Trinajstić information content (AvgIpc) is 2.49. The zero-order chi connectivity index (χ0) is 15.7. The minimum absolute atomic E-state index is 0.